The lowest BCUT2D eigenvalue weighted by Gasteiger charge is -2.20. The molecule has 1 fully saturated rings. The van der Waals surface area contributed by atoms with Crippen LogP contribution >= 0.6 is 11.3 Å². The molecule has 4 N–H and O–H groups in total. The number of phenolic OH excluding ortho intramolecular Hbond substituents is 2. The van der Waals surface area contributed by atoms with Gasteiger partial charge in [0, 0.05) is 16.7 Å². The lowest BCUT2D eigenvalue weighted by atomic mass is 10.1. The van der Waals surface area contributed by atoms with E-state index < -0.39 is 6.04 Å². The number of phenols is 2. The number of aromatic hydroxyl groups is 2. The maximum absolute atomic E-state index is 13.5. The first kappa shape index (κ1) is 20.5. The van der Waals surface area contributed by atoms with Crippen LogP contribution < -0.4 is 10.3 Å². The highest BCUT2D eigenvalue weighted by Gasteiger charge is 2.43. The van der Waals surface area contributed by atoms with Crippen molar-refractivity contribution in [2.75, 3.05) is 6.54 Å². The van der Waals surface area contributed by atoms with Gasteiger partial charge < -0.3 is 15.5 Å². The van der Waals surface area contributed by atoms with Crippen molar-refractivity contribution < 1.29 is 20.0 Å². The molecule has 3 heterocycles. The zero-order valence-electron chi connectivity index (χ0n) is 18.2. The Hall–Kier alpha value is -4.10. The van der Waals surface area contributed by atoms with Gasteiger partial charge in [-0.3, -0.25) is 9.69 Å². The third kappa shape index (κ3) is 3.60. The topological polar surface area (TPSA) is 86.8 Å². The molecule has 6 nitrogen and oxygen atoms in total. The molecule has 168 valence electrons. The van der Waals surface area contributed by atoms with Gasteiger partial charge in [-0.15, -0.1) is 11.3 Å². The Kier molecular flexibility index (Phi) is 4.85. The van der Waals surface area contributed by atoms with E-state index in [0.29, 0.717) is 13.0 Å². The second-order valence-electron chi connectivity index (χ2n) is 8.51. The zero-order chi connectivity index (χ0) is 23.2. The van der Waals surface area contributed by atoms with E-state index in [2.05, 4.69) is 28.5 Å². The fourth-order valence-electron chi connectivity index (χ4n) is 4.49. The van der Waals surface area contributed by atoms with Gasteiger partial charge in [-0.05, 0) is 59.5 Å². The summed E-state index contributed by atoms with van der Waals surface area (Å²) in [6, 6.07) is 24.0. The summed E-state index contributed by atoms with van der Waals surface area (Å²) in [7, 11) is 0. The monoisotopic (exact) mass is 468 g/mol. The van der Waals surface area contributed by atoms with Gasteiger partial charge in [0.1, 0.15) is 29.0 Å². The van der Waals surface area contributed by atoms with E-state index in [9.17, 15) is 15.0 Å². The van der Waals surface area contributed by atoms with Crippen LogP contribution in [0, 0.1) is 0 Å². The van der Waals surface area contributed by atoms with Crippen LogP contribution in [-0.2, 0) is 11.2 Å². The quantitative estimate of drug-likeness (QED) is 0.371. The molecule has 2 aliphatic rings. The van der Waals surface area contributed by atoms with E-state index in [1.54, 1.807) is 35.6 Å². The molecule has 1 atom stereocenters. The Morgan fingerprint density at radius 1 is 0.971 bits per heavy atom. The minimum Gasteiger partial charge on any atom is -0.508 e. The Morgan fingerprint density at radius 2 is 1.68 bits per heavy atom. The molecule has 34 heavy (non-hydrogen) atoms. The molecule has 1 amide bonds. The van der Waals surface area contributed by atoms with Gasteiger partial charge in [0.05, 0.1) is 0 Å². The van der Waals surface area contributed by atoms with Crippen LogP contribution in [0.25, 0.3) is 15.8 Å². The number of carbonyl (C=O) groups excluding carboxylic acids is 1. The van der Waals surface area contributed by atoms with E-state index in [-0.39, 0.29) is 17.4 Å². The number of rotatable bonds is 4. The molecule has 0 saturated carbocycles. The third-order valence-electron chi connectivity index (χ3n) is 6.24. The van der Waals surface area contributed by atoms with Crippen LogP contribution in [0.15, 0.2) is 84.7 Å². The van der Waals surface area contributed by atoms with Crippen LogP contribution in [0.5, 0.6) is 11.5 Å². The van der Waals surface area contributed by atoms with Gasteiger partial charge in [-0.25, -0.2) is 4.99 Å². The fraction of sp³-hybridized carbons (Fsp3) is 0.111. The summed E-state index contributed by atoms with van der Waals surface area (Å²) in [6.45, 7) is 0.409. The maximum Gasteiger partial charge on any atom is 0.262 e. The van der Waals surface area contributed by atoms with Gasteiger partial charge >= 0.3 is 0 Å². The summed E-state index contributed by atoms with van der Waals surface area (Å²) in [4.78, 5) is 19.9. The van der Waals surface area contributed by atoms with E-state index in [0.717, 1.165) is 38.6 Å². The van der Waals surface area contributed by atoms with Crippen LogP contribution in [0.2, 0.25) is 0 Å². The van der Waals surface area contributed by atoms with E-state index >= 15 is 0 Å². The second-order valence-corrected chi connectivity index (χ2v) is 9.60. The summed E-state index contributed by atoms with van der Waals surface area (Å²) < 4.78 is 1.18. The predicted molar refractivity (Wildman–Crippen MR) is 132 cm³/mol. The van der Waals surface area contributed by atoms with Crippen molar-refractivity contribution in [1.82, 2.24) is 10.2 Å². The first-order valence-corrected chi connectivity index (χ1v) is 11.9. The third-order valence-corrected chi connectivity index (χ3v) is 7.37. The predicted octanol–water partition coefficient (Wildman–Crippen LogP) is 2.57. The number of hydrogen-bond donors (Lipinski definition) is 4. The zero-order valence-corrected chi connectivity index (χ0v) is 19.0. The number of carbonyl (C=O) groups is 1. The number of fused-ring (bicyclic) bond motifs is 2. The SMILES string of the molecule is O=C1C(Cc2ccc(O)cc2)NC2=C(c3cc4ccccc4s3)[NH+]=C(c3ccc(O)cc3)CN12. The normalized spacial score (nSPS) is 17.6. The summed E-state index contributed by atoms with van der Waals surface area (Å²) in [6.07, 6.45) is 0.521. The van der Waals surface area contributed by atoms with Crippen LogP contribution in [0.4, 0.5) is 0 Å². The molecule has 1 unspecified atom stereocenters. The van der Waals surface area contributed by atoms with Crippen LogP contribution in [-0.4, -0.2) is 39.3 Å². The number of benzene rings is 3. The number of nitrogens with one attached hydrogen (secondary N) is 2. The molecule has 2 aliphatic heterocycles. The summed E-state index contributed by atoms with van der Waals surface area (Å²) in [5.74, 6) is 1.20. The molecule has 1 aromatic heterocycles. The average molecular weight is 469 g/mol. The van der Waals surface area contributed by atoms with Gasteiger partial charge in [0.15, 0.2) is 5.82 Å². The number of thiophene rings is 1. The van der Waals surface area contributed by atoms with Crippen molar-refractivity contribution in [3.05, 3.63) is 101 Å². The van der Waals surface area contributed by atoms with Crippen molar-refractivity contribution >= 4 is 38.7 Å². The molecule has 0 bridgehead atoms. The van der Waals surface area contributed by atoms with Crippen molar-refractivity contribution in [2.24, 2.45) is 0 Å². The standard InChI is InChI=1S/C27H21N3O3S/c31-19-9-5-16(6-10-19)13-21-27(33)30-15-22(17-7-11-20(32)12-8-17)28-25(26(30)29-21)24-14-18-3-1-2-4-23(18)34-24/h1-12,14,21,29,31-32H,13,15H2/p+1. The molecule has 1 saturated heterocycles. The lowest BCUT2D eigenvalue weighted by Crippen LogP contribution is -2.75. The Morgan fingerprint density at radius 3 is 2.41 bits per heavy atom. The van der Waals surface area contributed by atoms with Crippen LogP contribution in [0.3, 0.4) is 0 Å². The van der Waals surface area contributed by atoms with Crippen molar-refractivity contribution in [3.63, 3.8) is 0 Å². The van der Waals surface area contributed by atoms with Gasteiger partial charge in [-0.1, -0.05) is 30.3 Å². The summed E-state index contributed by atoms with van der Waals surface area (Å²) >= 11 is 1.68. The molecule has 0 spiro atoms. The van der Waals surface area contributed by atoms with Crippen LogP contribution in [0.1, 0.15) is 16.0 Å². The molecule has 3 aromatic carbocycles. The summed E-state index contributed by atoms with van der Waals surface area (Å²) in [5.41, 5.74) is 3.67. The van der Waals surface area contributed by atoms with E-state index in [1.807, 2.05) is 41.3 Å². The van der Waals surface area contributed by atoms with Gasteiger partial charge in [-0.2, -0.15) is 0 Å². The second kappa shape index (κ2) is 8.04. The van der Waals surface area contributed by atoms with Gasteiger partial charge in [0.25, 0.3) is 11.6 Å². The highest BCUT2D eigenvalue weighted by Crippen LogP contribution is 2.32. The highest BCUT2D eigenvalue weighted by atomic mass is 32.1. The number of amides is 1. The lowest BCUT2D eigenvalue weighted by molar-refractivity contribution is -0.349. The number of nitrogens with zero attached hydrogens (tertiary/aromatic N) is 1. The first-order valence-electron chi connectivity index (χ1n) is 11.1. The molecule has 0 radical (unpaired) electrons. The first-order chi connectivity index (χ1) is 16.5. The minimum absolute atomic E-state index is 0.0134. The van der Waals surface area contributed by atoms with E-state index in [1.165, 1.54) is 4.70 Å². The highest BCUT2D eigenvalue weighted by molar-refractivity contribution is 7.20. The fourth-order valence-corrected chi connectivity index (χ4v) is 5.55. The Labute approximate surface area is 200 Å². The van der Waals surface area contributed by atoms with Crippen molar-refractivity contribution in [2.45, 2.75) is 12.5 Å². The molecular weight excluding hydrogens is 446 g/mol. The number of hydrogen-bond acceptors (Lipinski definition) is 5. The van der Waals surface area contributed by atoms with Crippen molar-refractivity contribution in [3.8, 4) is 11.5 Å². The smallest absolute Gasteiger partial charge is 0.262 e. The minimum atomic E-state index is -0.398. The molecular formula is C27H22N3O3S+. The average Bonchev–Trinajstić information content (AvgIpc) is 3.42. The maximum atomic E-state index is 13.5. The molecule has 7 heteroatoms. The molecule has 6 rings (SSSR count). The Bertz CT molecular complexity index is 1440. The van der Waals surface area contributed by atoms with Gasteiger partial charge in [0.2, 0.25) is 5.71 Å². The Balaban J connectivity index is 1.42. The van der Waals surface area contributed by atoms with Crippen molar-refractivity contribution in [1.29, 1.82) is 0 Å². The summed E-state index contributed by atoms with van der Waals surface area (Å²) in [5, 5.41) is 23.9. The van der Waals surface area contributed by atoms with E-state index in [4.69, 9.17) is 0 Å². The largest absolute Gasteiger partial charge is 0.508 e. The molecule has 0 aliphatic carbocycles. The molecule has 4 aromatic rings.